The van der Waals surface area contributed by atoms with E-state index in [9.17, 15) is 13.5 Å². The van der Waals surface area contributed by atoms with Crippen LogP contribution >= 0.6 is 0 Å². The van der Waals surface area contributed by atoms with E-state index < -0.39 is 20.7 Å². The number of aliphatic hydroxyl groups is 1. The first kappa shape index (κ1) is 19.9. The third kappa shape index (κ3) is 3.13. The van der Waals surface area contributed by atoms with Crippen molar-refractivity contribution in [3.63, 3.8) is 0 Å². The lowest BCUT2D eigenvalue weighted by Crippen LogP contribution is -2.50. The zero-order valence-corrected chi connectivity index (χ0v) is 18.0. The third-order valence-corrected chi connectivity index (χ3v) is 10.1. The molecule has 3 N–H and O–H groups in total. The van der Waals surface area contributed by atoms with Gasteiger partial charge in [-0.25, -0.2) is 13.4 Å². The van der Waals surface area contributed by atoms with E-state index in [2.05, 4.69) is 26.3 Å². The summed E-state index contributed by atoms with van der Waals surface area (Å²) in [6.07, 6.45) is 8.96. The molecule has 5 rings (SSSR count). The third-order valence-electron chi connectivity index (χ3n) is 7.31. The van der Waals surface area contributed by atoms with E-state index in [1.807, 2.05) is 12.3 Å². The van der Waals surface area contributed by atoms with Gasteiger partial charge in [0.1, 0.15) is 5.65 Å². The molecular formula is C22H28N4O3S. The van der Waals surface area contributed by atoms with E-state index in [-0.39, 0.29) is 5.25 Å². The van der Waals surface area contributed by atoms with E-state index in [0.29, 0.717) is 38.3 Å². The van der Waals surface area contributed by atoms with E-state index in [0.717, 1.165) is 34.8 Å². The zero-order valence-electron chi connectivity index (χ0n) is 17.1. The normalized spacial score (nSPS) is 28.9. The van der Waals surface area contributed by atoms with Gasteiger partial charge in [0, 0.05) is 29.7 Å². The van der Waals surface area contributed by atoms with Crippen LogP contribution in [-0.2, 0) is 9.84 Å². The zero-order chi connectivity index (χ0) is 20.9. The molecular weight excluding hydrogens is 400 g/mol. The topological polar surface area (TPSA) is 108 Å². The van der Waals surface area contributed by atoms with Crippen molar-refractivity contribution in [1.29, 1.82) is 0 Å². The van der Waals surface area contributed by atoms with Gasteiger partial charge >= 0.3 is 0 Å². The fourth-order valence-electron chi connectivity index (χ4n) is 5.33. The first-order valence-corrected chi connectivity index (χ1v) is 12.4. The van der Waals surface area contributed by atoms with Gasteiger partial charge in [0.05, 0.1) is 27.8 Å². The van der Waals surface area contributed by atoms with Gasteiger partial charge in [-0.05, 0) is 63.1 Å². The Kier molecular flexibility index (Phi) is 4.83. The number of aromatic amines is 1. The summed E-state index contributed by atoms with van der Waals surface area (Å²) in [6, 6.07) is 4.00. The van der Waals surface area contributed by atoms with Crippen molar-refractivity contribution in [3.05, 3.63) is 36.3 Å². The molecule has 3 aromatic heterocycles. The van der Waals surface area contributed by atoms with Crippen LogP contribution in [0.3, 0.4) is 0 Å². The quantitative estimate of drug-likeness (QED) is 0.590. The minimum Gasteiger partial charge on any atom is -0.387 e. The SMILES string of the molecule is CC(C1(O)CCNC1)S(=O)(=O)C1CCC(c2c[nH]c3ncc4ncccc4c23)CC1. The van der Waals surface area contributed by atoms with Crippen molar-refractivity contribution in [2.45, 2.75) is 61.0 Å². The second kappa shape index (κ2) is 7.28. The second-order valence-corrected chi connectivity index (χ2v) is 11.4. The lowest BCUT2D eigenvalue weighted by molar-refractivity contribution is 0.0603. The van der Waals surface area contributed by atoms with Gasteiger partial charge < -0.3 is 15.4 Å². The Balaban J connectivity index is 1.38. The van der Waals surface area contributed by atoms with E-state index in [1.54, 1.807) is 19.3 Å². The molecule has 30 heavy (non-hydrogen) atoms. The second-order valence-electron chi connectivity index (χ2n) is 8.90. The Bertz CT molecular complexity index is 1180. The Morgan fingerprint density at radius 3 is 2.77 bits per heavy atom. The fraction of sp³-hybridized carbons (Fsp3) is 0.545. The molecule has 0 spiro atoms. The van der Waals surface area contributed by atoms with Crippen molar-refractivity contribution in [3.8, 4) is 0 Å². The van der Waals surface area contributed by atoms with Gasteiger partial charge in [-0.1, -0.05) is 6.07 Å². The van der Waals surface area contributed by atoms with Crippen LogP contribution in [0.1, 0.15) is 50.5 Å². The summed E-state index contributed by atoms with van der Waals surface area (Å²) in [6.45, 7) is 2.70. The number of nitrogens with one attached hydrogen (secondary N) is 2. The number of pyridine rings is 2. The number of H-pyrrole nitrogens is 1. The van der Waals surface area contributed by atoms with Crippen molar-refractivity contribution < 1.29 is 13.5 Å². The van der Waals surface area contributed by atoms with Crippen LogP contribution in [0, 0.1) is 0 Å². The predicted octanol–water partition coefficient (Wildman–Crippen LogP) is 2.67. The predicted molar refractivity (Wildman–Crippen MR) is 117 cm³/mol. The number of rotatable bonds is 4. The largest absolute Gasteiger partial charge is 0.387 e. The summed E-state index contributed by atoms with van der Waals surface area (Å²) < 4.78 is 26.5. The summed E-state index contributed by atoms with van der Waals surface area (Å²) in [5, 5.41) is 14.9. The molecule has 8 heteroatoms. The minimum absolute atomic E-state index is 0.296. The molecule has 1 aliphatic heterocycles. The van der Waals surface area contributed by atoms with E-state index in [4.69, 9.17) is 0 Å². The number of hydrogen-bond donors (Lipinski definition) is 3. The molecule has 2 aliphatic rings. The highest BCUT2D eigenvalue weighted by molar-refractivity contribution is 7.92. The van der Waals surface area contributed by atoms with Crippen LogP contribution in [-0.4, -0.2) is 57.7 Å². The number of nitrogens with zero attached hydrogens (tertiary/aromatic N) is 2. The van der Waals surface area contributed by atoms with Gasteiger partial charge in [-0.3, -0.25) is 4.98 Å². The molecule has 3 aromatic rings. The van der Waals surface area contributed by atoms with Gasteiger partial charge in [-0.15, -0.1) is 0 Å². The van der Waals surface area contributed by atoms with Crippen LogP contribution in [0.4, 0.5) is 0 Å². The summed E-state index contributed by atoms with van der Waals surface area (Å²) in [5.41, 5.74) is 1.78. The van der Waals surface area contributed by atoms with Gasteiger partial charge in [0.15, 0.2) is 9.84 Å². The highest BCUT2D eigenvalue weighted by atomic mass is 32.2. The summed E-state index contributed by atoms with van der Waals surface area (Å²) >= 11 is 0. The molecule has 4 heterocycles. The summed E-state index contributed by atoms with van der Waals surface area (Å²) in [5.74, 6) is 0.296. The minimum atomic E-state index is -3.39. The maximum absolute atomic E-state index is 13.2. The fourth-order valence-corrected chi connectivity index (χ4v) is 7.65. The number of fused-ring (bicyclic) bond motifs is 3. The summed E-state index contributed by atoms with van der Waals surface area (Å²) in [4.78, 5) is 12.2. The number of aromatic nitrogens is 3. The molecule has 0 radical (unpaired) electrons. The van der Waals surface area contributed by atoms with Crippen LogP contribution in [0.15, 0.2) is 30.7 Å². The first-order chi connectivity index (χ1) is 14.4. The highest BCUT2D eigenvalue weighted by Crippen LogP contribution is 2.41. The van der Waals surface area contributed by atoms with E-state index >= 15 is 0 Å². The Morgan fingerprint density at radius 2 is 2.03 bits per heavy atom. The number of β-amino-alcohol motifs (C(OH)–C–C–N with tert-alkyl or cyclic N) is 1. The standard InChI is InChI=1S/C22H28N4O3S/c1-14(22(27)8-10-23-13-22)30(28,29)16-6-4-15(5-7-16)18-11-25-21-20(18)17-3-2-9-24-19(17)12-26-21/h2-3,9,11-12,14-16,23,27H,4-8,10,13H2,1H3,(H,25,26). The number of hydrogen-bond acceptors (Lipinski definition) is 6. The molecule has 1 saturated carbocycles. The van der Waals surface area contributed by atoms with Gasteiger partial charge in [-0.2, -0.15) is 0 Å². The molecule has 7 nitrogen and oxygen atoms in total. The Hall–Kier alpha value is -2.03. The molecule has 160 valence electrons. The summed E-state index contributed by atoms with van der Waals surface area (Å²) in [7, 11) is -3.39. The van der Waals surface area contributed by atoms with Crippen molar-refractivity contribution in [2.75, 3.05) is 13.1 Å². The molecule has 1 aliphatic carbocycles. The van der Waals surface area contributed by atoms with Crippen molar-refractivity contribution in [2.24, 2.45) is 0 Å². The molecule has 0 amide bonds. The molecule has 2 unspecified atom stereocenters. The van der Waals surface area contributed by atoms with E-state index in [1.165, 1.54) is 5.56 Å². The molecule has 2 fully saturated rings. The average Bonchev–Trinajstić information content (AvgIpc) is 3.40. The van der Waals surface area contributed by atoms with Gasteiger partial charge in [0.25, 0.3) is 0 Å². The Labute approximate surface area is 176 Å². The van der Waals surface area contributed by atoms with Crippen LogP contribution in [0.25, 0.3) is 21.9 Å². The lowest BCUT2D eigenvalue weighted by Gasteiger charge is -2.35. The first-order valence-electron chi connectivity index (χ1n) is 10.8. The molecule has 1 saturated heterocycles. The maximum atomic E-state index is 13.2. The van der Waals surface area contributed by atoms with Crippen LogP contribution < -0.4 is 5.32 Å². The molecule has 2 atom stereocenters. The molecule has 0 aromatic carbocycles. The van der Waals surface area contributed by atoms with Crippen molar-refractivity contribution >= 4 is 31.8 Å². The monoisotopic (exact) mass is 428 g/mol. The Morgan fingerprint density at radius 1 is 1.23 bits per heavy atom. The number of sulfone groups is 1. The van der Waals surface area contributed by atoms with Crippen LogP contribution in [0.2, 0.25) is 0 Å². The van der Waals surface area contributed by atoms with Gasteiger partial charge in [0.2, 0.25) is 0 Å². The van der Waals surface area contributed by atoms with Crippen LogP contribution in [0.5, 0.6) is 0 Å². The lowest BCUT2D eigenvalue weighted by atomic mass is 9.83. The average molecular weight is 429 g/mol. The smallest absolute Gasteiger partial charge is 0.158 e. The maximum Gasteiger partial charge on any atom is 0.158 e. The highest BCUT2D eigenvalue weighted by Gasteiger charge is 2.47. The van der Waals surface area contributed by atoms with Crippen molar-refractivity contribution in [1.82, 2.24) is 20.3 Å². The molecule has 0 bridgehead atoms.